The minimum atomic E-state index is -2.31. The maximum absolute atomic E-state index is 13.0. The summed E-state index contributed by atoms with van der Waals surface area (Å²) in [6.45, 7) is 4.15. The molecule has 29 heavy (non-hydrogen) atoms. The molecular formula is C20H24N6O2S. The lowest BCUT2D eigenvalue weighted by atomic mass is 10.2. The predicted octanol–water partition coefficient (Wildman–Crippen LogP) is 2.93. The van der Waals surface area contributed by atoms with E-state index in [1.807, 2.05) is 34.9 Å². The Bertz CT molecular complexity index is 1180. The molecule has 5 rings (SSSR count). The highest BCUT2D eigenvalue weighted by Crippen LogP contribution is 2.32. The number of ether oxygens (including phenoxy) is 1. The number of aromatic nitrogens is 4. The van der Waals surface area contributed by atoms with Crippen molar-refractivity contribution in [3.05, 3.63) is 36.7 Å². The van der Waals surface area contributed by atoms with Crippen molar-refractivity contribution in [2.24, 2.45) is 4.36 Å². The lowest BCUT2D eigenvalue weighted by Crippen LogP contribution is -2.44. The average Bonchev–Trinajstić information content (AvgIpc) is 3.48. The second-order valence-electron chi connectivity index (χ2n) is 7.76. The summed E-state index contributed by atoms with van der Waals surface area (Å²) in [5.41, 5.74) is 1.79. The number of morpholine rings is 1. The zero-order valence-corrected chi connectivity index (χ0v) is 17.4. The molecule has 0 spiro atoms. The van der Waals surface area contributed by atoms with E-state index in [1.54, 1.807) is 12.6 Å². The minimum Gasteiger partial charge on any atom is -0.377 e. The third-order valence-corrected chi connectivity index (χ3v) is 7.69. The normalized spacial score (nSPS) is 21.9. The maximum Gasteiger partial charge on any atom is 0.239 e. The van der Waals surface area contributed by atoms with E-state index in [-0.39, 0.29) is 11.3 Å². The summed E-state index contributed by atoms with van der Waals surface area (Å²) in [5, 5.41) is 0.167. The van der Waals surface area contributed by atoms with Gasteiger partial charge in [0.15, 0.2) is 5.82 Å². The van der Waals surface area contributed by atoms with Gasteiger partial charge < -0.3 is 9.64 Å². The Morgan fingerprint density at radius 3 is 2.86 bits per heavy atom. The highest BCUT2D eigenvalue weighted by atomic mass is 32.2. The Kier molecular flexibility index (Phi) is 4.51. The van der Waals surface area contributed by atoms with Crippen molar-refractivity contribution < 1.29 is 8.95 Å². The molecule has 2 aromatic heterocycles. The van der Waals surface area contributed by atoms with Crippen molar-refractivity contribution in [3.8, 4) is 5.95 Å². The molecule has 1 saturated heterocycles. The van der Waals surface area contributed by atoms with Gasteiger partial charge in [-0.25, -0.2) is 9.19 Å². The molecule has 0 amide bonds. The third kappa shape index (κ3) is 3.60. The van der Waals surface area contributed by atoms with Crippen molar-refractivity contribution in [1.82, 2.24) is 19.5 Å². The number of hydrogen-bond donors (Lipinski definition) is 0. The summed E-state index contributed by atoms with van der Waals surface area (Å²) >= 11 is 0. The van der Waals surface area contributed by atoms with Gasteiger partial charge in [-0.3, -0.25) is 4.57 Å². The van der Waals surface area contributed by atoms with Crippen molar-refractivity contribution in [3.63, 3.8) is 0 Å². The summed E-state index contributed by atoms with van der Waals surface area (Å²) in [6.07, 6.45) is 5.39. The van der Waals surface area contributed by atoms with Crippen LogP contribution in [0.1, 0.15) is 19.8 Å². The molecule has 0 bridgehead atoms. The fourth-order valence-corrected chi connectivity index (χ4v) is 5.29. The molecule has 2 fully saturated rings. The van der Waals surface area contributed by atoms with E-state index in [1.165, 1.54) is 0 Å². The van der Waals surface area contributed by atoms with Crippen LogP contribution in [-0.4, -0.2) is 61.0 Å². The molecule has 8 nitrogen and oxygen atoms in total. The molecule has 1 aromatic carbocycles. The van der Waals surface area contributed by atoms with Gasteiger partial charge in [0.25, 0.3) is 0 Å². The molecule has 1 unspecified atom stereocenters. The molecule has 3 heterocycles. The lowest BCUT2D eigenvalue weighted by Gasteiger charge is -2.34. The predicted molar refractivity (Wildman–Crippen MR) is 113 cm³/mol. The zero-order valence-electron chi connectivity index (χ0n) is 16.6. The van der Waals surface area contributed by atoms with Crippen LogP contribution < -0.4 is 4.90 Å². The molecule has 3 aromatic rings. The van der Waals surface area contributed by atoms with Gasteiger partial charge in [-0.2, -0.15) is 14.3 Å². The monoisotopic (exact) mass is 412 g/mol. The Hall–Kier alpha value is -2.52. The first kappa shape index (κ1) is 18.5. The summed E-state index contributed by atoms with van der Waals surface area (Å²) in [4.78, 5) is 16.1. The molecule has 1 aliphatic heterocycles. The van der Waals surface area contributed by atoms with Gasteiger partial charge in [0.2, 0.25) is 5.95 Å². The number of benzene rings is 1. The van der Waals surface area contributed by atoms with Crippen LogP contribution in [0.3, 0.4) is 0 Å². The summed E-state index contributed by atoms with van der Waals surface area (Å²) < 4.78 is 25.0. The summed E-state index contributed by atoms with van der Waals surface area (Å²) in [6, 6.07) is 9.89. The van der Waals surface area contributed by atoms with Crippen LogP contribution >= 0.6 is 0 Å². The van der Waals surface area contributed by atoms with Gasteiger partial charge in [0.1, 0.15) is 12.1 Å². The van der Waals surface area contributed by atoms with E-state index in [9.17, 15) is 4.21 Å². The van der Waals surface area contributed by atoms with E-state index in [0.717, 1.165) is 36.2 Å². The van der Waals surface area contributed by atoms with Crippen LogP contribution in [0.5, 0.6) is 0 Å². The lowest BCUT2D eigenvalue weighted by molar-refractivity contribution is 0.0985. The van der Waals surface area contributed by atoms with Crippen LogP contribution in [0.25, 0.3) is 17.0 Å². The SMILES string of the molecule is C[C@@H]1COCCN1c1cc(N=S(C)(=O)C2CC2)nc(-n2cnc3ccccc32)n1. The molecule has 1 aliphatic carbocycles. The molecule has 1 saturated carbocycles. The second-order valence-corrected chi connectivity index (χ2v) is 10.3. The Balaban J connectivity index is 1.66. The van der Waals surface area contributed by atoms with Crippen molar-refractivity contribution in [2.45, 2.75) is 31.1 Å². The molecular weight excluding hydrogens is 388 g/mol. The number of anilines is 1. The first-order valence-electron chi connectivity index (χ1n) is 9.88. The molecule has 0 N–H and O–H groups in total. The number of imidazole rings is 1. The van der Waals surface area contributed by atoms with Gasteiger partial charge in [-0.1, -0.05) is 12.1 Å². The smallest absolute Gasteiger partial charge is 0.239 e. The first-order chi connectivity index (χ1) is 14.0. The molecule has 2 atom stereocenters. The van der Waals surface area contributed by atoms with Crippen LogP contribution in [-0.2, 0) is 14.5 Å². The topological polar surface area (TPSA) is 85.5 Å². The fraction of sp³-hybridized carbons (Fsp3) is 0.450. The third-order valence-electron chi connectivity index (χ3n) is 5.44. The maximum atomic E-state index is 13.0. The van der Waals surface area contributed by atoms with E-state index < -0.39 is 9.73 Å². The second kappa shape index (κ2) is 7.07. The number of para-hydroxylation sites is 2. The van der Waals surface area contributed by atoms with Gasteiger partial charge in [-0.05, 0) is 31.9 Å². The number of rotatable bonds is 4. The summed E-state index contributed by atoms with van der Waals surface area (Å²) in [5.74, 6) is 1.72. The molecule has 152 valence electrons. The van der Waals surface area contributed by atoms with Crippen molar-refractivity contribution in [2.75, 3.05) is 30.9 Å². The average molecular weight is 413 g/mol. The summed E-state index contributed by atoms with van der Waals surface area (Å²) in [7, 11) is -2.31. The van der Waals surface area contributed by atoms with Crippen LogP contribution in [0.2, 0.25) is 0 Å². The number of nitrogens with zero attached hydrogens (tertiary/aromatic N) is 6. The van der Waals surface area contributed by atoms with Gasteiger partial charge in [0, 0.05) is 24.1 Å². The quantitative estimate of drug-likeness (QED) is 0.655. The van der Waals surface area contributed by atoms with Gasteiger partial charge in [-0.15, -0.1) is 0 Å². The molecule has 0 radical (unpaired) electrons. The molecule has 2 aliphatic rings. The van der Waals surface area contributed by atoms with E-state index in [4.69, 9.17) is 9.72 Å². The van der Waals surface area contributed by atoms with Crippen molar-refractivity contribution in [1.29, 1.82) is 0 Å². The first-order valence-corrected chi connectivity index (χ1v) is 11.9. The number of hydrogen-bond acceptors (Lipinski definition) is 7. The van der Waals surface area contributed by atoms with E-state index >= 15 is 0 Å². The van der Waals surface area contributed by atoms with Crippen molar-refractivity contribution >= 4 is 32.4 Å². The molecule has 9 heteroatoms. The minimum absolute atomic E-state index is 0.167. The van der Waals surface area contributed by atoms with E-state index in [2.05, 4.69) is 26.2 Å². The van der Waals surface area contributed by atoms with Crippen LogP contribution in [0, 0.1) is 0 Å². The highest BCUT2D eigenvalue weighted by molar-refractivity contribution is 7.93. The fourth-order valence-electron chi connectivity index (χ4n) is 3.66. The van der Waals surface area contributed by atoms with Gasteiger partial charge >= 0.3 is 0 Å². The van der Waals surface area contributed by atoms with Crippen LogP contribution in [0.4, 0.5) is 11.6 Å². The van der Waals surface area contributed by atoms with Gasteiger partial charge in [0.05, 0.1) is 40.0 Å². The highest BCUT2D eigenvalue weighted by Gasteiger charge is 2.31. The Labute approximate surface area is 170 Å². The van der Waals surface area contributed by atoms with Crippen LogP contribution in [0.15, 0.2) is 41.0 Å². The van der Waals surface area contributed by atoms with E-state index in [0.29, 0.717) is 25.0 Å². The Morgan fingerprint density at radius 2 is 2.07 bits per heavy atom. The standard InChI is InChI=1S/C20H24N6O2S/c1-14-12-28-10-9-25(14)19-11-18(24-29(2,27)15-7-8-15)22-20(23-19)26-13-21-16-5-3-4-6-17(16)26/h3-6,11,13-15H,7-10,12H2,1-2H3/t14-,29?/m1/s1. The largest absolute Gasteiger partial charge is 0.377 e. The zero-order chi connectivity index (χ0) is 20.0. The Morgan fingerprint density at radius 1 is 1.24 bits per heavy atom. The number of fused-ring (bicyclic) bond motifs is 1.